The number of likely N-dealkylation sites (tertiary alicyclic amines) is 1. The summed E-state index contributed by atoms with van der Waals surface area (Å²) in [5.41, 5.74) is 4.06. The number of hydrogen-bond donors (Lipinski definition) is 1. The first-order valence-corrected chi connectivity index (χ1v) is 13.0. The van der Waals surface area contributed by atoms with Gasteiger partial charge in [0.15, 0.2) is 0 Å². The Morgan fingerprint density at radius 2 is 1.92 bits per heavy atom. The van der Waals surface area contributed by atoms with E-state index in [-0.39, 0.29) is 35.7 Å². The maximum atomic E-state index is 13.8. The lowest BCUT2D eigenvalue weighted by molar-refractivity contribution is -0.143. The van der Waals surface area contributed by atoms with Crippen LogP contribution in [-0.4, -0.2) is 58.7 Å². The standard InChI is InChI=1S/C29H34FN3O3/c1-31-24-13-22(36-2)10-11-23(24)26-27(31)25(15-34)33(28(35)20-7-3-4-8-20)18-29(26)16-32(17-29)14-19-6-5-9-21(30)12-19/h5-6,9-13,20,25,34H,3-4,7-8,14-18H2,1-2H3/t25-/m1/s1. The van der Waals surface area contributed by atoms with Crippen LogP contribution in [0.15, 0.2) is 42.5 Å². The van der Waals surface area contributed by atoms with Gasteiger partial charge in [0.05, 0.1) is 25.3 Å². The van der Waals surface area contributed by atoms with Crippen molar-refractivity contribution >= 4 is 16.8 Å². The highest BCUT2D eigenvalue weighted by Gasteiger charge is 2.54. The molecule has 6 nitrogen and oxygen atoms in total. The predicted molar refractivity (Wildman–Crippen MR) is 136 cm³/mol. The Kier molecular flexibility index (Phi) is 5.80. The molecular weight excluding hydrogens is 457 g/mol. The molecule has 1 aromatic heterocycles. The lowest BCUT2D eigenvalue weighted by Crippen LogP contribution is -2.67. The smallest absolute Gasteiger partial charge is 0.226 e. The zero-order chi connectivity index (χ0) is 25.0. The average molecular weight is 492 g/mol. The summed E-state index contributed by atoms with van der Waals surface area (Å²) in [6.45, 7) is 2.75. The van der Waals surface area contributed by atoms with E-state index >= 15 is 0 Å². The molecule has 1 amide bonds. The van der Waals surface area contributed by atoms with Crippen molar-refractivity contribution in [2.24, 2.45) is 13.0 Å². The molecule has 7 heteroatoms. The minimum atomic E-state index is -0.362. The highest BCUT2D eigenvalue weighted by atomic mass is 19.1. The van der Waals surface area contributed by atoms with Gasteiger partial charge in [-0.15, -0.1) is 0 Å². The second kappa shape index (κ2) is 8.89. The molecule has 2 fully saturated rings. The molecule has 1 saturated heterocycles. The molecular formula is C29H34FN3O3. The van der Waals surface area contributed by atoms with Crippen molar-refractivity contribution in [3.63, 3.8) is 0 Å². The fourth-order valence-corrected chi connectivity index (χ4v) is 7.07. The van der Waals surface area contributed by atoms with E-state index in [1.807, 2.05) is 30.1 Å². The van der Waals surface area contributed by atoms with Gasteiger partial charge in [0, 0.05) is 61.7 Å². The zero-order valence-corrected chi connectivity index (χ0v) is 21.0. The van der Waals surface area contributed by atoms with Gasteiger partial charge in [-0.2, -0.15) is 0 Å². The molecule has 2 aromatic carbocycles. The molecule has 6 rings (SSSR count). The number of aromatic nitrogens is 1. The number of halogens is 1. The second-order valence-electron chi connectivity index (χ2n) is 10.9. The van der Waals surface area contributed by atoms with Gasteiger partial charge in [0.2, 0.25) is 5.91 Å². The summed E-state index contributed by atoms with van der Waals surface area (Å²) in [6, 6.07) is 12.6. The van der Waals surface area contributed by atoms with Crippen LogP contribution in [0.3, 0.4) is 0 Å². The van der Waals surface area contributed by atoms with Crippen LogP contribution in [0.5, 0.6) is 5.75 Å². The Morgan fingerprint density at radius 3 is 2.61 bits per heavy atom. The fourth-order valence-electron chi connectivity index (χ4n) is 7.07. The molecule has 3 aliphatic rings. The monoisotopic (exact) mass is 491 g/mol. The molecule has 3 aromatic rings. The van der Waals surface area contributed by atoms with Crippen LogP contribution < -0.4 is 4.74 Å². The van der Waals surface area contributed by atoms with Crippen molar-refractivity contribution in [2.75, 3.05) is 33.4 Å². The highest BCUT2D eigenvalue weighted by molar-refractivity contribution is 5.90. The maximum absolute atomic E-state index is 13.8. The van der Waals surface area contributed by atoms with E-state index in [0.717, 1.165) is 66.7 Å². The number of fused-ring (bicyclic) bond motifs is 4. The van der Waals surface area contributed by atoms with Crippen molar-refractivity contribution in [1.29, 1.82) is 0 Å². The molecule has 1 saturated carbocycles. The average Bonchev–Trinajstić information content (AvgIpc) is 3.50. The second-order valence-corrected chi connectivity index (χ2v) is 10.9. The van der Waals surface area contributed by atoms with Crippen LogP contribution in [0, 0.1) is 11.7 Å². The van der Waals surface area contributed by atoms with Gasteiger partial charge in [0.25, 0.3) is 0 Å². The number of carbonyl (C=O) groups excluding carboxylic acids is 1. The number of nitrogens with zero attached hydrogens (tertiary/aromatic N) is 3. The van der Waals surface area contributed by atoms with Crippen molar-refractivity contribution in [3.8, 4) is 5.75 Å². The summed E-state index contributed by atoms with van der Waals surface area (Å²) < 4.78 is 21.5. The number of rotatable bonds is 5. The van der Waals surface area contributed by atoms with E-state index in [9.17, 15) is 14.3 Å². The Hall–Kier alpha value is -2.90. The van der Waals surface area contributed by atoms with Crippen LogP contribution >= 0.6 is 0 Å². The first kappa shape index (κ1) is 23.5. The molecule has 0 unspecified atom stereocenters. The highest BCUT2D eigenvalue weighted by Crippen LogP contribution is 2.50. The van der Waals surface area contributed by atoms with E-state index in [4.69, 9.17) is 4.74 Å². The number of methoxy groups -OCH3 is 1. The fraction of sp³-hybridized carbons (Fsp3) is 0.483. The number of hydrogen-bond acceptors (Lipinski definition) is 4. The molecule has 0 radical (unpaired) electrons. The lowest BCUT2D eigenvalue weighted by Gasteiger charge is -2.56. The Labute approximate surface area is 211 Å². The van der Waals surface area contributed by atoms with Crippen molar-refractivity contribution in [1.82, 2.24) is 14.4 Å². The predicted octanol–water partition coefficient (Wildman–Crippen LogP) is 4.15. The Balaban J connectivity index is 1.42. The summed E-state index contributed by atoms with van der Waals surface area (Å²) >= 11 is 0. The lowest BCUT2D eigenvalue weighted by atomic mass is 9.68. The van der Waals surface area contributed by atoms with E-state index in [0.29, 0.717) is 13.1 Å². The Bertz CT molecular complexity index is 1310. The minimum absolute atomic E-state index is 0.0518. The van der Waals surface area contributed by atoms with Crippen molar-refractivity contribution in [2.45, 2.75) is 43.7 Å². The summed E-state index contributed by atoms with van der Waals surface area (Å²) in [6.07, 6.45) is 4.07. The summed E-state index contributed by atoms with van der Waals surface area (Å²) in [4.78, 5) is 18.1. The molecule has 36 heavy (non-hydrogen) atoms. The van der Waals surface area contributed by atoms with Crippen LogP contribution in [0.2, 0.25) is 0 Å². The van der Waals surface area contributed by atoms with Crippen LogP contribution in [0.1, 0.15) is 48.5 Å². The van der Waals surface area contributed by atoms with Gasteiger partial charge >= 0.3 is 0 Å². The van der Waals surface area contributed by atoms with Crippen molar-refractivity contribution in [3.05, 3.63) is 65.1 Å². The van der Waals surface area contributed by atoms with Gasteiger partial charge < -0.3 is 19.3 Å². The third kappa shape index (κ3) is 3.63. The molecule has 1 atom stereocenters. The SMILES string of the molecule is COc1ccc2c3c(n(C)c2c1)[C@@H](CO)N(C(=O)C1CCCC1)CC31CN(Cc2cccc(F)c2)C1. The van der Waals surface area contributed by atoms with Crippen LogP contribution in [0.25, 0.3) is 10.9 Å². The van der Waals surface area contributed by atoms with Crippen LogP contribution in [0.4, 0.5) is 4.39 Å². The molecule has 0 bridgehead atoms. The van der Waals surface area contributed by atoms with Gasteiger partial charge in [0.1, 0.15) is 11.6 Å². The third-order valence-corrected chi connectivity index (χ3v) is 8.66. The minimum Gasteiger partial charge on any atom is -0.497 e. The van der Waals surface area contributed by atoms with E-state index < -0.39 is 0 Å². The summed E-state index contributed by atoms with van der Waals surface area (Å²) in [5.74, 6) is 0.805. The summed E-state index contributed by atoms with van der Waals surface area (Å²) in [5, 5.41) is 11.8. The zero-order valence-electron chi connectivity index (χ0n) is 21.0. The quantitative estimate of drug-likeness (QED) is 0.583. The topological polar surface area (TPSA) is 57.9 Å². The normalized spacial score (nSPS) is 21.7. The third-order valence-electron chi connectivity index (χ3n) is 8.66. The van der Waals surface area contributed by atoms with Gasteiger partial charge in [-0.3, -0.25) is 9.69 Å². The molecule has 1 aliphatic carbocycles. The number of amides is 1. The Morgan fingerprint density at radius 1 is 1.14 bits per heavy atom. The molecule has 2 aliphatic heterocycles. The van der Waals surface area contributed by atoms with E-state index in [1.54, 1.807) is 19.2 Å². The number of aliphatic hydroxyl groups excluding tert-OH is 1. The summed E-state index contributed by atoms with van der Waals surface area (Å²) in [7, 11) is 3.70. The van der Waals surface area contributed by atoms with Gasteiger partial charge in [-0.25, -0.2) is 4.39 Å². The van der Waals surface area contributed by atoms with Crippen LogP contribution in [-0.2, 0) is 23.8 Å². The van der Waals surface area contributed by atoms with Gasteiger partial charge in [-0.1, -0.05) is 25.0 Å². The molecule has 3 heterocycles. The van der Waals surface area contributed by atoms with Gasteiger partial charge in [-0.05, 0) is 48.2 Å². The van der Waals surface area contributed by atoms with E-state index in [2.05, 4.69) is 15.5 Å². The first-order chi connectivity index (χ1) is 17.4. The van der Waals surface area contributed by atoms with E-state index in [1.165, 1.54) is 11.6 Å². The number of aryl methyl sites for hydroxylation is 1. The maximum Gasteiger partial charge on any atom is 0.226 e. The number of aliphatic hydroxyl groups is 1. The molecule has 1 spiro atoms. The number of carbonyl (C=O) groups is 1. The first-order valence-electron chi connectivity index (χ1n) is 13.0. The van der Waals surface area contributed by atoms with Crippen molar-refractivity contribution < 1.29 is 19.0 Å². The largest absolute Gasteiger partial charge is 0.497 e. The molecule has 1 N–H and O–H groups in total. The number of benzene rings is 2. The molecule has 190 valence electrons. The number of ether oxygens (including phenoxy) is 1.